The average Bonchev–Trinajstić information content (AvgIpc) is 2.54. The normalized spacial score (nSPS) is 14.9. The Morgan fingerprint density at radius 2 is 1.67 bits per heavy atom. The molecule has 0 saturated heterocycles. The number of aliphatic hydroxyl groups excluding tert-OH is 1. The number of nitrogens with two attached hydrogens (primary N) is 4. The summed E-state index contributed by atoms with van der Waals surface area (Å²) < 4.78 is 0. The number of carboxylic acids is 1. The van der Waals surface area contributed by atoms with E-state index in [1.54, 1.807) is 0 Å². The number of aliphatic carboxylic acids is 1. The number of amides is 3. The van der Waals surface area contributed by atoms with Crippen LogP contribution in [0.15, 0.2) is 4.99 Å². The highest BCUT2D eigenvalue weighted by Gasteiger charge is 2.31. The van der Waals surface area contributed by atoms with Gasteiger partial charge in [-0.2, -0.15) is 0 Å². The summed E-state index contributed by atoms with van der Waals surface area (Å²) in [7, 11) is 0. The van der Waals surface area contributed by atoms with Gasteiger partial charge < -0.3 is 43.8 Å². The molecule has 3 amide bonds. The highest BCUT2D eigenvalue weighted by Crippen LogP contribution is 2.01. The zero-order valence-electron chi connectivity index (χ0n) is 14.9. The lowest BCUT2D eigenvalue weighted by molar-refractivity contribution is -0.145. The highest BCUT2D eigenvalue weighted by atomic mass is 16.4. The van der Waals surface area contributed by atoms with E-state index in [2.05, 4.69) is 10.3 Å². The van der Waals surface area contributed by atoms with Gasteiger partial charge in [-0.1, -0.05) is 0 Å². The van der Waals surface area contributed by atoms with Crippen molar-refractivity contribution in [2.45, 2.75) is 50.4 Å². The lowest BCUT2D eigenvalue weighted by atomic mass is 10.1. The number of rotatable bonds is 12. The minimum absolute atomic E-state index is 0.0997. The van der Waals surface area contributed by atoms with Crippen LogP contribution < -0.4 is 33.6 Å². The Hall–Kier alpha value is -2.93. The minimum atomic E-state index is -1.63. The number of nitrogens with one attached hydrogen (secondary N) is 2. The van der Waals surface area contributed by atoms with Gasteiger partial charge in [-0.3, -0.25) is 19.4 Å². The molecule has 0 aliphatic rings. The van der Waals surface area contributed by atoms with Gasteiger partial charge in [0.15, 0.2) is 12.0 Å². The van der Waals surface area contributed by atoms with Crippen LogP contribution in [0.5, 0.6) is 0 Å². The molecule has 0 radical (unpaired) electrons. The van der Waals surface area contributed by atoms with Crippen molar-refractivity contribution in [1.29, 1.82) is 0 Å². The van der Waals surface area contributed by atoms with E-state index in [1.165, 1.54) is 0 Å². The van der Waals surface area contributed by atoms with Gasteiger partial charge in [0, 0.05) is 6.54 Å². The maximum Gasteiger partial charge on any atom is 0.328 e. The van der Waals surface area contributed by atoms with E-state index in [0.29, 0.717) is 6.42 Å². The molecular weight excluding hydrogens is 362 g/mol. The first kappa shape index (κ1) is 24.1. The Labute approximate surface area is 155 Å². The van der Waals surface area contributed by atoms with Gasteiger partial charge in [-0.05, 0) is 19.8 Å². The zero-order valence-corrected chi connectivity index (χ0v) is 14.9. The van der Waals surface area contributed by atoms with Crippen LogP contribution in [-0.4, -0.2) is 70.6 Å². The molecule has 0 heterocycles. The second kappa shape index (κ2) is 11.6. The van der Waals surface area contributed by atoms with Crippen LogP contribution in [0.3, 0.4) is 0 Å². The summed E-state index contributed by atoms with van der Waals surface area (Å²) in [5, 5.41) is 22.7. The Balaban J connectivity index is 4.91. The quantitative estimate of drug-likeness (QED) is 0.0911. The Morgan fingerprint density at radius 3 is 2.11 bits per heavy atom. The smallest absolute Gasteiger partial charge is 0.328 e. The summed E-state index contributed by atoms with van der Waals surface area (Å²) in [4.78, 5) is 50.2. The monoisotopic (exact) mass is 389 g/mol. The number of aliphatic hydroxyl groups is 1. The third-order valence-corrected chi connectivity index (χ3v) is 3.39. The molecular formula is C14H27N7O6. The SMILES string of the molecule is CC(O)C(NC(=O)C(CC(N)=O)NC(=O)C(N)CCCN=C(N)N)C(=O)O. The van der Waals surface area contributed by atoms with Crippen molar-refractivity contribution in [3.05, 3.63) is 0 Å². The molecule has 0 aliphatic heterocycles. The van der Waals surface area contributed by atoms with Crippen LogP contribution in [0.1, 0.15) is 26.2 Å². The molecule has 154 valence electrons. The summed E-state index contributed by atoms with van der Waals surface area (Å²) in [6.07, 6.45) is -1.40. The molecule has 4 atom stereocenters. The number of carbonyl (C=O) groups excluding carboxylic acids is 3. The van der Waals surface area contributed by atoms with Crippen LogP contribution in [0.4, 0.5) is 0 Å². The van der Waals surface area contributed by atoms with Crippen LogP contribution in [-0.2, 0) is 19.2 Å². The summed E-state index contributed by atoms with van der Waals surface area (Å²) >= 11 is 0. The van der Waals surface area contributed by atoms with Gasteiger partial charge in [0.1, 0.15) is 6.04 Å². The van der Waals surface area contributed by atoms with Crippen molar-refractivity contribution < 1.29 is 29.4 Å². The van der Waals surface area contributed by atoms with Gasteiger partial charge in [-0.25, -0.2) is 4.79 Å². The van der Waals surface area contributed by atoms with E-state index in [-0.39, 0.29) is 18.9 Å². The van der Waals surface area contributed by atoms with E-state index in [4.69, 9.17) is 28.0 Å². The molecule has 0 spiro atoms. The Kier molecular flexibility index (Phi) is 10.4. The molecule has 0 aliphatic carbocycles. The fraction of sp³-hybridized carbons (Fsp3) is 0.643. The molecule has 12 N–H and O–H groups in total. The molecule has 0 rings (SSSR count). The number of carbonyl (C=O) groups is 4. The van der Waals surface area contributed by atoms with E-state index in [0.717, 1.165) is 6.92 Å². The van der Waals surface area contributed by atoms with Crippen molar-refractivity contribution in [1.82, 2.24) is 10.6 Å². The van der Waals surface area contributed by atoms with E-state index >= 15 is 0 Å². The topological polar surface area (TPSA) is 249 Å². The van der Waals surface area contributed by atoms with Crippen LogP contribution in [0.25, 0.3) is 0 Å². The first-order valence-electron chi connectivity index (χ1n) is 8.06. The maximum absolute atomic E-state index is 12.2. The first-order valence-corrected chi connectivity index (χ1v) is 8.06. The average molecular weight is 389 g/mol. The number of aliphatic imine (C=N–C) groups is 1. The largest absolute Gasteiger partial charge is 0.480 e. The number of carboxylic acid groups (broad SMARTS) is 1. The summed E-state index contributed by atoms with van der Waals surface area (Å²) in [6.45, 7) is 1.41. The second-order valence-corrected chi connectivity index (χ2v) is 5.85. The molecule has 4 unspecified atom stereocenters. The zero-order chi connectivity index (χ0) is 21.1. The fourth-order valence-electron chi connectivity index (χ4n) is 1.98. The van der Waals surface area contributed by atoms with E-state index < -0.39 is 54.3 Å². The van der Waals surface area contributed by atoms with Gasteiger partial charge >= 0.3 is 5.97 Å². The summed E-state index contributed by atoms with van der Waals surface area (Å²) in [5.74, 6) is -4.23. The van der Waals surface area contributed by atoms with Crippen molar-refractivity contribution >= 4 is 29.7 Å². The number of guanidine groups is 1. The highest BCUT2D eigenvalue weighted by molar-refractivity contribution is 5.94. The van der Waals surface area contributed by atoms with Crippen LogP contribution in [0, 0.1) is 0 Å². The first-order chi connectivity index (χ1) is 12.5. The Morgan fingerprint density at radius 1 is 1.07 bits per heavy atom. The lowest BCUT2D eigenvalue weighted by Crippen LogP contribution is -2.57. The predicted molar refractivity (Wildman–Crippen MR) is 94.9 cm³/mol. The molecule has 0 saturated carbocycles. The van der Waals surface area contributed by atoms with Crippen molar-refractivity contribution in [3.63, 3.8) is 0 Å². The Bertz CT molecular complexity index is 576. The van der Waals surface area contributed by atoms with Crippen LogP contribution in [0.2, 0.25) is 0 Å². The van der Waals surface area contributed by atoms with Gasteiger partial charge in [0.2, 0.25) is 17.7 Å². The molecule has 0 fully saturated rings. The van der Waals surface area contributed by atoms with Crippen molar-refractivity contribution in [2.75, 3.05) is 6.54 Å². The molecule has 13 heteroatoms. The third kappa shape index (κ3) is 9.96. The van der Waals surface area contributed by atoms with E-state index in [1.807, 2.05) is 5.32 Å². The van der Waals surface area contributed by atoms with Gasteiger partial charge in [-0.15, -0.1) is 0 Å². The lowest BCUT2D eigenvalue weighted by Gasteiger charge is -2.23. The van der Waals surface area contributed by atoms with Crippen molar-refractivity contribution in [2.24, 2.45) is 27.9 Å². The minimum Gasteiger partial charge on any atom is -0.480 e. The predicted octanol–water partition coefficient (Wildman–Crippen LogP) is -4.32. The molecule has 13 nitrogen and oxygen atoms in total. The third-order valence-electron chi connectivity index (χ3n) is 3.39. The van der Waals surface area contributed by atoms with Gasteiger partial charge in [0.25, 0.3) is 0 Å². The molecule has 27 heavy (non-hydrogen) atoms. The van der Waals surface area contributed by atoms with Gasteiger partial charge in [0.05, 0.1) is 18.6 Å². The molecule has 0 aromatic rings. The fourth-order valence-corrected chi connectivity index (χ4v) is 1.98. The number of primary amides is 1. The van der Waals surface area contributed by atoms with Crippen molar-refractivity contribution in [3.8, 4) is 0 Å². The number of hydrogen-bond donors (Lipinski definition) is 8. The molecule has 0 aromatic heterocycles. The summed E-state index contributed by atoms with van der Waals surface area (Å²) in [5.41, 5.74) is 21.1. The van der Waals surface area contributed by atoms with Crippen LogP contribution >= 0.6 is 0 Å². The second-order valence-electron chi connectivity index (χ2n) is 5.85. The standard InChI is InChI=1S/C14H27N7O6/c1-6(22)10(13(26)27)21-12(25)8(5-9(16)23)20-11(24)7(15)3-2-4-19-14(17)18/h6-8,10,22H,2-5,15H2,1H3,(H2,16,23)(H,20,24)(H,21,25)(H,26,27)(H4,17,18,19). The maximum atomic E-state index is 12.2. The molecule has 0 aromatic carbocycles. The van der Waals surface area contributed by atoms with E-state index in [9.17, 15) is 24.3 Å². The summed E-state index contributed by atoms with van der Waals surface area (Å²) in [6, 6.07) is -4.09. The molecule has 0 bridgehead atoms. The number of nitrogens with zero attached hydrogens (tertiary/aromatic N) is 1. The number of hydrogen-bond acceptors (Lipinski definition) is 7.